The van der Waals surface area contributed by atoms with Crippen LogP contribution in [0.25, 0.3) is 32.9 Å². The summed E-state index contributed by atoms with van der Waals surface area (Å²) in [6.07, 6.45) is 0. The summed E-state index contributed by atoms with van der Waals surface area (Å²) in [5.74, 6) is 0.772. The molecule has 1 aromatic heterocycles. The summed E-state index contributed by atoms with van der Waals surface area (Å²) in [7, 11) is 1.63. The molecule has 0 spiro atoms. The highest BCUT2D eigenvalue weighted by molar-refractivity contribution is 9.10. The molecular formula is C20H13BrO3. The third-order valence-electron chi connectivity index (χ3n) is 4.09. The molecule has 0 aliphatic heterocycles. The Morgan fingerprint density at radius 2 is 1.67 bits per heavy atom. The number of rotatable bonds is 2. The van der Waals surface area contributed by atoms with E-state index in [4.69, 9.17) is 9.15 Å². The lowest BCUT2D eigenvalue weighted by molar-refractivity contribution is 0.415. The van der Waals surface area contributed by atoms with Crippen LogP contribution >= 0.6 is 15.9 Å². The first-order valence-corrected chi connectivity index (χ1v) is 8.25. The zero-order valence-corrected chi connectivity index (χ0v) is 14.5. The molecule has 0 unspecified atom stereocenters. The quantitative estimate of drug-likeness (QED) is 0.346. The second-order valence-corrected chi connectivity index (χ2v) is 6.43. The predicted octanol–water partition coefficient (Wildman–Crippen LogP) is 5.38. The van der Waals surface area contributed by atoms with Gasteiger partial charge in [-0.25, -0.2) is 4.79 Å². The Kier molecular flexibility index (Phi) is 3.62. The maximum absolute atomic E-state index is 12.1. The van der Waals surface area contributed by atoms with E-state index >= 15 is 0 Å². The highest BCUT2D eigenvalue weighted by Crippen LogP contribution is 2.33. The van der Waals surface area contributed by atoms with Gasteiger partial charge in [0.2, 0.25) is 0 Å². The van der Waals surface area contributed by atoms with Crippen LogP contribution in [0.2, 0.25) is 0 Å². The number of hydrogen-bond acceptors (Lipinski definition) is 3. The van der Waals surface area contributed by atoms with Gasteiger partial charge in [0, 0.05) is 21.3 Å². The van der Waals surface area contributed by atoms with Gasteiger partial charge in [0.1, 0.15) is 11.3 Å². The summed E-state index contributed by atoms with van der Waals surface area (Å²) >= 11 is 3.44. The number of ether oxygens (including phenoxy) is 1. The molecule has 0 aliphatic rings. The predicted molar refractivity (Wildman–Crippen MR) is 99.7 cm³/mol. The van der Waals surface area contributed by atoms with Crippen molar-refractivity contribution >= 4 is 37.7 Å². The molecule has 3 nitrogen and oxygen atoms in total. The van der Waals surface area contributed by atoms with Crippen molar-refractivity contribution in [1.29, 1.82) is 0 Å². The molecule has 0 bridgehead atoms. The molecular weight excluding hydrogens is 368 g/mol. The molecule has 4 rings (SSSR count). The van der Waals surface area contributed by atoms with Crippen LogP contribution in [0.15, 0.2) is 74.3 Å². The Bertz CT molecular complexity index is 1110. The Labute approximate surface area is 146 Å². The zero-order chi connectivity index (χ0) is 16.7. The summed E-state index contributed by atoms with van der Waals surface area (Å²) in [6, 6.07) is 19.2. The van der Waals surface area contributed by atoms with Crippen molar-refractivity contribution < 1.29 is 9.15 Å². The van der Waals surface area contributed by atoms with Gasteiger partial charge in [0.05, 0.1) is 7.11 Å². The average molecular weight is 381 g/mol. The third kappa shape index (κ3) is 2.49. The van der Waals surface area contributed by atoms with Crippen molar-refractivity contribution in [3.05, 3.63) is 75.6 Å². The summed E-state index contributed by atoms with van der Waals surface area (Å²) in [4.78, 5) is 12.1. The SMILES string of the molecule is COc1ccc2c(ccc3c(-c4ccc(Br)cc4)cc(=O)oc32)c1. The Morgan fingerprint density at radius 3 is 2.42 bits per heavy atom. The summed E-state index contributed by atoms with van der Waals surface area (Å²) < 4.78 is 11.8. The Balaban J connectivity index is 2.07. The number of fused-ring (bicyclic) bond motifs is 3. The maximum Gasteiger partial charge on any atom is 0.336 e. The monoisotopic (exact) mass is 380 g/mol. The second kappa shape index (κ2) is 5.80. The van der Waals surface area contributed by atoms with Gasteiger partial charge >= 0.3 is 5.63 Å². The summed E-state index contributed by atoms with van der Waals surface area (Å²) in [6.45, 7) is 0. The molecule has 0 N–H and O–H groups in total. The van der Waals surface area contributed by atoms with E-state index in [9.17, 15) is 4.79 Å². The molecule has 24 heavy (non-hydrogen) atoms. The number of benzene rings is 3. The lowest BCUT2D eigenvalue weighted by Gasteiger charge is -2.09. The summed E-state index contributed by atoms with van der Waals surface area (Å²) in [5, 5.41) is 2.77. The maximum atomic E-state index is 12.1. The molecule has 0 amide bonds. The van der Waals surface area contributed by atoms with E-state index in [1.165, 1.54) is 0 Å². The van der Waals surface area contributed by atoms with Crippen molar-refractivity contribution in [2.24, 2.45) is 0 Å². The van der Waals surface area contributed by atoms with Crippen molar-refractivity contribution in [2.75, 3.05) is 7.11 Å². The van der Waals surface area contributed by atoms with Gasteiger partial charge < -0.3 is 9.15 Å². The van der Waals surface area contributed by atoms with E-state index < -0.39 is 0 Å². The van der Waals surface area contributed by atoms with Crippen LogP contribution in [0, 0.1) is 0 Å². The van der Waals surface area contributed by atoms with E-state index in [-0.39, 0.29) is 5.63 Å². The van der Waals surface area contributed by atoms with Crippen LogP contribution in [0.5, 0.6) is 5.75 Å². The first-order chi connectivity index (χ1) is 11.7. The van der Waals surface area contributed by atoms with E-state index in [1.54, 1.807) is 13.2 Å². The van der Waals surface area contributed by atoms with Crippen LogP contribution < -0.4 is 10.4 Å². The van der Waals surface area contributed by atoms with Gasteiger partial charge in [-0.3, -0.25) is 0 Å². The van der Waals surface area contributed by atoms with E-state index in [0.717, 1.165) is 37.5 Å². The largest absolute Gasteiger partial charge is 0.497 e. The Morgan fingerprint density at radius 1 is 0.917 bits per heavy atom. The molecule has 0 radical (unpaired) electrons. The highest BCUT2D eigenvalue weighted by Gasteiger charge is 2.11. The molecule has 0 saturated heterocycles. The second-order valence-electron chi connectivity index (χ2n) is 5.52. The molecule has 4 heteroatoms. The van der Waals surface area contributed by atoms with Crippen LogP contribution in [-0.4, -0.2) is 7.11 Å². The molecule has 1 heterocycles. The molecule has 3 aromatic carbocycles. The zero-order valence-electron chi connectivity index (χ0n) is 12.9. The van der Waals surface area contributed by atoms with Crippen molar-refractivity contribution in [1.82, 2.24) is 0 Å². The van der Waals surface area contributed by atoms with Crippen molar-refractivity contribution in [3.63, 3.8) is 0 Å². The van der Waals surface area contributed by atoms with Crippen molar-refractivity contribution in [3.8, 4) is 16.9 Å². The fraction of sp³-hybridized carbons (Fsp3) is 0.0500. The van der Waals surface area contributed by atoms with Gasteiger partial charge in [0.25, 0.3) is 0 Å². The standard InChI is InChI=1S/C20H13BrO3/c1-23-15-7-9-16-13(10-15)4-8-17-18(11-19(22)24-20(16)17)12-2-5-14(21)6-3-12/h2-11H,1H3. The first kappa shape index (κ1) is 15.0. The van der Waals surface area contributed by atoms with E-state index in [0.29, 0.717) is 5.58 Å². The minimum absolute atomic E-state index is 0.358. The fourth-order valence-electron chi connectivity index (χ4n) is 2.92. The fourth-order valence-corrected chi connectivity index (χ4v) is 3.19. The van der Waals surface area contributed by atoms with Gasteiger partial charge in [-0.1, -0.05) is 34.1 Å². The van der Waals surface area contributed by atoms with Crippen molar-refractivity contribution in [2.45, 2.75) is 0 Å². The molecule has 0 saturated carbocycles. The molecule has 0 aliphatic carbocycles. The van der Waals surface area contributed by atoms with Crippen LogP contribution in [0.1, 0.15) is 0 Å². The van der Waals surface area contributed by atoms with Gasteiger partial charge in [-0.05, 0) is 52.9 Å². The molecule has 0 atom stereocenters. The van der Waals surface area contributed by atoms with Gasteiger partial charge in [-0.15, -0.1) is 0 Å². The van der Waals surface area contributed by atoms with Gasteiger partial charge in [-0.2, -0.15) is 0 Å². The third-order valence-corrected chi connectivity index (χ3v) is 4.62. The van der Waals surface area contributed by atoms with E-state index in [2.05, 4.69) is 15.9 Å². The van der Waals surface area contributed by atoms with Gasteiger partial charge in [0.15, 0.2) is 0 Å². The Hall–Kier alpha value is -2.59. The van der Waals surface area contributed by atoms with Crippen LogP contribution in [-0.2, 0) is 0 Å². The number of methoxy groups -OCH3 is 1. The first-order valence-electron chi connectivity index (χ1n) is 7.46. The highest BCUT2D eigenvalue weighted by atomic mass is 79.9. The normalized spacial score (nSPS) is 11.1. The number of hydrogen-bond donors (Lipinski definition) is 0. The van der Waals surface area contributed by atoms with Crippen LogP contribution in [0.4, 0.5) is 0 Å². The molecule has 4 aromatic rings. The smallest absolute Gasteiger partial charge is 0.336 e. The number of halogens is 1. The molecule has 0 fully saturated rings. The summed E-state index contributed by atoms with van der Waals surface area (Å²) in [5.41, 5.74) is 2.08. The van der Waals surface area contributed by atoms with E-state index in [1.807, 2.05) is 54.6 Å². The lowest BCUT2D eigenvalue weighted by atomic mass is 9.99. The molecule has 118 valence electrons. The lowest BCUT2D eigenvalue weighted by Crippen LogP contribution is -1.98. The minimum atomic E-state index is -0.358. The topological polar surface area (TPSA) is 39.4 Å². The average Bonchev–Trinajstić information content (AvgIpc) is 2.61. The van der Waals surface area contributed by atoms with Crippen LogP contribution in [0.3, 0.4) is 0 Å². The minimum Gasteiger partial charge on any atom is -0.497 e.